The molecule has 1 aliphatic rings. The predicted molar refractivity (Wildman–Crippen MR) is 88.1 cm³/mol. The molecule has 132 valence electrons. The fraction of sp³-hybridized carbons (Fsp3) is 0.600. The average molecular weight is 355 g/mol. The second-order valence-corrected chi connectivity index (χ2v) is 8.15. The number of amides is 1. The summed E-state index contributed by atoms with van der Waals surface area (Å²) >= 11 is 0. The van der Waals surface area contributed by atoms with Gasteiger partial charge in [0.2, 0.25) is 0 Å². The van der Waals surface area contributed by atoms with Crippen LogP contribution >= 0.6 is 0 Å². The molecule has 1 aliphatic heterocycles. The van der Waals surface area contributed by atoms with Crippen molar-refractivity contribution in [2.24, 2.45) is 5.92 Å². The van der Waals surface area contributed by atoms with E-state index in [2.05, 4.69) is 4.98 Å². The van der Waals surface area contributed by atoms with E-state index in [1.165, 1.54) is 12.1 Å². The zero-order chi connectivity index (χ0) is 17.9. The molecular formula is C15H21N3O5S. The number of aromatic nitrogens is 1. The molecule has 1 fully saturated rings. The van der Waals surface area contributed by atoms with Crippen molar-refractivity contribution in [2.75, 3.05) is 18.8 Å². The third kappa shape index (κ3) is 4.98. The van der Waals surface area contributed by atoms with Crippen LogP contribution in [0.25, 0.3) is 0 Å². The lowest BCUT2D eigenvalue weighted by atomic mass is 10.2. The largest absolute Gasteiger partial charge is 0.444 e. The molecule has 2 atom stereocenters. The number of nitrogens with zero attached hydrogens (tertiary/aromatic N) is 3. The van der Waals surface area contributed by atoms with Crippen LogP contribution in [-0.4, -0.2) is 49.6 Å². The molecule has 9 heteroatoms. The van der Waals surface area contributed by atoms with Crippen LogP contribution in [0.2, 0.25) is 0 Å². The van der Waals surface area contributed by atoms with Crippen molar-refractivity contribution in [3.63, 3.8) is 0 Å². The first kappa shape index (κ1) is 18.3. The van der Waals surface area contributed by atoms with Crippen molar-refractivity contribution in [1.82, 2.24) is 9.88 Å². The Kier molecular flexibility index (Phi) is 5.53. The summed E-state index contributed by atoms with van der Waals surface area (Å²) in [7, 11) is -1.35. The van der Waals surface area contributed by atoms with Gasteiger partial charge >= 0.3 is 6.09 Å². The first-order valence-corrected chi connectivity index (χ1v) is 8.94. The molecule has 0 spiro atoms. The normalized spacial score (nSPS) is 19.1. The summed E-state index contributed by atoms with van der Waals surface area (Å²) in [6.45, 7) is 6.51. The van der Waals surface area contributed by atoms with Crippen LogP contribution in [0.5, 0.6) is 0 Å². The van der Waals surface area contributed by atoms with E-state index in [4.69, 9.17) is 4.74 Å². The number of carbonyl (C=O) groups is 1. The van der Waals surface area contributed by atoms with Crippen molar-refractivity contribution >= 4 is 22.6 Å². The van der Waals surface area contributed by atoms with Crippen molar-refractivity contribution in [3.05, 3.63) is 28.4 Å². The summed E-state index contributed by atoms with van der Waals surface area (Å²) in [4.78, 5) is 27.6. The SMILES string of the molecule is CC(C)(C)OC(=O)N1CC[C@@H](C[S@](=O)c2ccc([N+](=O)[O-])cn2)C1. The minimum absolute atomic E-state index is 0.0929. The Labute approximate surface area is 142 Å². The van der Waals surface area contributed by atoms with Gasteiger partial charge < -0.3 is 9.64 Å². The van der Waals surface area contributed by atoms with Crippen LogP contribution in [0.1, 0.15) is 27.2 Å². The fourth-order valence-corrected chi connectivity index (χ4v) is 3.64. The molecule has 2 rings (SSSR count). The van der Waals surface area contributed by atoms with Crippen LogP contribution < -0.4 is 0 Å². The zero-order valence-electron chi connectivity index (χ0n) is 13.9. The third-order valence-corrected chi connectivity index (χ3v) is 4.97. The predicted octanol–water partition coefficient (Wildman–Crippen LogP) is 2.35. The topological polar surface area (TPSA) is 103 Å². The lowest BCUT2D eigenvalue weighted by Gasteiger charge is -2.24. The van der Waals surface area contributed by atoms with Gasteiger partial charge in [-0.25, -0.2) is 9.78 Å². The number of hydrogen-bond donors (Lipinski definition) is 0. The van der Waals surface area contributed by atoms with E-state index in [0.717, 1.165) is 12.6 Å². The van der Waals surface area contributed by atoms with E-state index in [-0.39, 0.29) is 17.7 Å². The Morgan fingerprint density at radius 3 is 2.75 bits per heavy atom. The highest BCUT2D eigenvalue weighted by molar-refractivity contribution is 7.84. The first-order valence-electron chi connectivity index (χ1n) is 7.62. The van der Waals surface area contributed by atoms with E-state index in [1.807, 2.05) is 20.8 Å². The lowest BCUT2D eigenvalue weighted by Crippen LogP contribution is -2.35. The van der Waals surface area contributed by atoms with Crippen LogP contribution in [0, 0.1) is 16.0 Å². The molecule has 24 heavy (non-hydrogen) atoms. The maximum absolute atomic E-state index is 12.3. The minimum atomic E-state index is -1.35. The number of likely N-dealkylation sites (tertiary alicyclic amines) is 1. The highest BCUT2D eigenvalue weighted by atomic mass is 32.2. The number of hydrogen-bond acceptors (Lipinski definition) is 6. The molecule has 1 aromatic heterocycles. The number of pyridine rings is 1. The van der Waals surface area contributed by atoms with Crippen molar-refractivity contribution in [2.45, 2.75) is 37.8 Å². The molecule has 0 N–H and O–H groups in total. The molecule has 2 heterocycles. The van der Waals surface area contributed by atoms with Gasteiger partial charge in [-0.2, -0.15) is 0 Å². The smallest absolute Gasteiger partial charge is 0.410 e. The number of rotatable bonds is 4. The van der Waals surface area contributed by atoms with Gasteiger partial charge in [0.25, 0.3) is 5.69 Å². The van der Waals surface area contributed by atoms with E-state index >= 15 is 0 Å². The fourth-order valence-electron chi connectivity index (χ4n) is 2.38. The molecule has 0 saturated carbocycles. The summed E-state index contributed by atoms with van der Waals surface area (Å²) < 4.78 is 17.7. The van der Waals surface area contributed by atoms with Crippen molar-refractivity contribution < 1.29 is 18.7 Å². The first-order chi connectivity index (χ1) is 11.2. The van der Waals surface area contributed by atoms with Gasteiger partial charge in [0.1, 0.15) is 16.8 Å². The average Bonchev–Trinajstić information content (AvgIpc) is 2.94. The second kappa shape index (κ2) is 7.25. The van der Waals surface area contributed by atoms with Crippen LogP contribution in [-0.2, 0) is 15.5 Å². The summed E-state index contributed by atoms with van der Waals surface area (Å²) in [5.74, 6) is 0.458. The summed E-state index contributed by atoms with van der Waals surface area (Å²) in [6, 6.07) is 2.71. The number of carbonyl (C=O) groups excluding carboxylic acids is 1. The lowest BCUT2D eigenvalue weighted by molar-refractivity contribution is -0.385. The molecule has 1 amide bonds. The molecule has 0 bridgehead atoms. The minimum Gasteiger partial charge on any atom is -0.444 e. The monoisotopic (exact) mass is 355 g/mol. The molecule has 0 radical (unpaired) electrons. The third-order valence-electron chi connectivity index (χ3n) is 3.49. The Hall–Kier alpha value is -2.03. The molecule has 0 aliphatic carbocycles. The van der Waals surface area contributed by atoms with E-state index < -0.39 is 21.3 Å². The van der Waals surface area contributed by atoms with Gasteiger partial charge in [0, 0.05) is 24.9 Å². The van der Waals surface area contributed by atoms with Gasteiger partial charge in [-0.15, -0.1) is 0 Å². The zero-order valence-corrected chi connectivity index (χ0v) is 14.7. The van der Waals surface area contributed by atoms with Crippen LogP contribution in [0.4, 0.5) is 10.5 Å². The molecule has 0 aromatic carbocycles. The molecule has 1 aromatic rings. The van der Waals surface area contributed by atoms with E-state index in [9.17, 15) is 19.1 Å². The van der Waals surface area contributed by atoms with Crippen LogP contribution in [0.15, 0.2) is 23.4 Å². The number of ether oxygens (including phenoxy) is 1. The maximum atomic E-state index is 12.3. The van der Waals surface area contributed by atoms with Gasteiger partial charge in [0.15, 0.2) is 0 Å². The Balaban J connectivity index is 1.89. The summed E-state index contributed by atoms with van der Waals surface area (Å²) in [5.41, 5.74) is -0.673. The summed E-state index contributed by atoms with van der Waals surface area (Å²) in [5, 5.41) is 10.9. The van der Waals surface area contributed by atoms with Gasteiger partial charge in [-0.05, 0) is 39.2 Å². The van der Waals surface area contributed by atoms with E-state index in [1.54, 1.807) is 4.90 Å². The molecule has 8 nitrogen and oxygen atoms in total. The van der Waals surface area contributed by atoms with Crippen LogP contribution in [0.3, 0.4) is 0 Å². The van der Waals surface area contributed by atoms with Crippen molar-refractivity contribution in [3.8, 4) is 0 Å². The highest BCUT2D eigenvalue weighted by Crippen LogP contribution is 2.22. The molecule has 0 unspecified atom stereocenters. The summed E-state index contributed by atoms with van der Waals surface area (Å²) in [6.07, 6.45) is 1.50. The Morgan fingerprint density at radius 1 is 1.50 bits per heavy atom. The molecule has 1 saturated heterocycles. The van der Waals surface area contributed by atoms with E-state index in [0.29, 0.717) is 23.9 Å². The van der Waals surface area contributed by atoms with Crippen molar-refractivity contribution in [1.29, 1.82) is 0 Å². The quantitative estimate of drug-likeness (QED) is 0.607. The van der Waals surface area contributed by atoms with Gasteiger partial charge in [-0.3, -0.25) is 14.3 Å². The molecular weight excluding hydrogens is 334 g/mol. The second-order valence-electron chi connectivity index (χ2n) is 6.70. The number of nitro groups is 1. The Bertz CT molecular complexity index is 642. The van der Waals surface area contributed by atoms with Gasteiger partial charge in [0.05, 0.1) is 15.7 Å². The maximum Gasteiger partial charge on any atom is 0.410 e. The van der Waals surface area contributed by atoms with Gasteiger partial charge in [-0.1, -0.05) is 0 Å². The Morgan fingerprint density at radius 2 is 2.21 bits per heavy atom. The standard InChI is InChI=1S/C15H21N3O5S/c1-15(2,3)23-14(19)17-7-6-11(9-17)10-24(22)13-5-4-12(8-16-13)18(20)21/h4-5,8,11H,6-7,9-10H2,1-3H3/t11-,24+/m1/s1. The highest BCUT2D eigenvalue weighted by Gasteiger charge is 2.31.